The van der Waals surface area contributed by atoms with E-state index in [0.29, 0.717) is 0 Å². The second-order valence-electron chi connectivity index (χ2n) is 6.43. The van der Waals surface area contributed by atoms with Crippen LogP contribution in [0.4, 0.5) is 5.69 Å². The van der Waals surface area contributed by atoms with Crippen LogP contribution in [0.3, 0.4) is 0 Å². The summed E-state index contributed by atoms with van der Waals surface area (Å²) in [6.45, 7) is 11.0. The average Bonchev–Trinajstić information content (AvgIpc) is 2.14. The van der Waals surface area contributed by atoms with Crippen molar-refractivity contribution >= 4 is 5.69 Å². The minimum Gasteiger partial charge on any atom is -0.258 e. The Morgan fingerprint density at radius 2 is 1.53 bits per heavy atom. The molecule has 0 unspecified atom stereocenters. The molecule has 0 aliphatic rings. The van der Waals surface area contributed by atoms with Crippen molar-refractivity contribution in [3.05, 3.63) is 39.9 Å². The summed E-state index contributed by atoms with van der Waals surface area (Å²) in [6, 6.07) is 6.90. The zero-order valence-corrected chi connectivity index (χ0v) is 11.3. The van der Waals surface area contributed by atoms with Crippen molar-refractivity contribution in [3.8, 4) is 0 Å². The minimum atomic E-state index is -0.361. The van der Waals surface area contributed by atoms with Crippen molar-refractivity contribution in [3.63, 3.8) is 0 Å². The number of nitrogens with zero attached hydrogens (tertiary/aromatic N) is 1. The standard InChI is InChI=1S/C14H21NO2/c1-13(2,3)10-14(4,5)11-6-8-12(9-7-11)15(16)17/h6-9H,10H2,1-5H3. The van der Waals surface area contributed by atoms with Gasteiger partial charge < -0.3 is 0 Å². The van der Waals surface area contributed by atoms with E-state index in [1.807, 2.05) is 12.1 Å². The number of hydrogen-bond donors (Lipinski definition) is 0. The molecule has 3 heteroatoms. The topological polar surface area (TPSA) is 43.1 Å². The third-order valence-electron chi connectivity index (χ3n) is 2.83. The SMILES string of the molecule is CC(C)(C)CC(C)(C)c1ccc([N+](=O)[O-])cc1. The summed E-state index contributed by atoms with van der Waals surface area (Å²) in [5.74, 6) is 0. The fraction of sp³-hybridized carbons (Fsp3) is 0.571. The fourth-order valence-electron chi connectivity index (χ4n) is 2.46. The van der Waals surface area contributed by atoms with E-state index >= 15 is 0 Å². The van der Waals surface area contributed by atoms with Crippen molar-refractivity contribution in [1.82, 2.24) is 0 Å². The highest BCUT2D eigenvalue weighted by atomic mass is 16.6. The molecule has 0 bridgehead atoms. The normalized spacial score (nSPS) is 12.5. The number of benzene rings is 1. The first-order valence-electron chi connectivity index (χ1n) is 5.87. The Labute approximate surface area is 103 Å². The number of nitro benzene ring substituents is 1. The van der Waals surface area contributed by atoms with Crippen molar-refractivity contribution in [2.75, 3.05) is 0 Å². The molecule has 0 aliphatic carbocycles. The van der Waals surface area contributed by atoms with Crippen LogP contribution >= 0.6 is 0 Å². The van der Waals surface area contributed by atoms with Crippen LogP contribution in [0.2, 0.25) is 0 Å². The lowest BCUT2D eigenvalue weighted by Gasteiger charge is -2.32. The third-order valence-corrected chi connectivity index (χ3v) is 2.83. The molecule has 0 amide bonds. The molecular weight excluding hydrogens is 214 g/mol. The van der Waals surface area contributed by atoms with Gasteiger partial charge in [0.25, 0.3) is 5.69 Å². The van der Waals surface area contributed by atoms with Gasteiger partial charge >= 0.3 is 0 Å². The van der Waals surface area contributed by atoms with Crippen molar-refractivity contribution < 1.29 is 4.92 Å². The predicted molar refractivity (Wildman–Crippen MR) is 70.2 cm³/mol. The maximum atomic E-state index is 10.6. The van der Waals surface area contributed by atoms with Gasteiger partial charge in [-0.1, -0.05) is 46.8 Å². The Balaban J connectivity index is 2.96. The zero-order chi connectivity index (χ0) is 13.3. The van der Waals surface area contributed by atoms with Crippen LogP contribution in [0.15, 0.2) is 24.3 Å². The van der Waals surface area contributed by atoms with Crippen LogP contribution in [-0.4, -0.2) is 4.92 Å². The van der Waals surface area contributed by atoms with Gasteiger partial charge in [-0.3, -0.25) is 10.1 Å². The molecule has 1 rings (SSSR count). The van der Waals surface area contributed by atoms with E-state index < -0.39 is 0 Å². The summed E-state index contributed by atoms with van der Waals surface area (Å²) in [5.41, 5.74) is 1.58. The third kappa shape index (κ3) is 3.84. The Morgan fingerprint density at radius 3 is 1.88 bits per heavy atom. The maximum absolute atomic E-state index is 10.6. The number of hydrogen-bond acceptors (Lipinski definition) is 2. The van der Waals surface area contributed by atoms with Crippen molar-refractivity contribution in [1.29, 1.82) is 0 Å². The van der Waals surface area contributed by atoms with Gasteiger partial charge in [-0.2, -0.15) is 0 Å². The minimum absolute atomic E-state index is 0.0351. The van der Waals surface area contributed by atoms with E-state index in [1.165, 1.54) is 0 Å². The molecule has 0 saturated carbocycles. The predicted octanol–water partition coefficient (Wildman–Crippen LogP) is 4.31. The average molecular weight is 235 g/mol. The highest BCUT2D eigenvalue weighted by Crippen LogP contribution is 2.36. The Hall–Kier alpha value is -1.38. The first kappa shape index (κ1) is 13.7. The van der Waals surface area contributed by atoms with E-state index in [-0.39, 0.29) is 21.4 Å². The summed E-state index contributed by atoms with van der Waals surface area (Å²) >= 11 is 0. The van der Waals surface area contributed by atoms with E-state index in [4.69, 9.17) is 0 Å². The Morgan fingerprint density at radius 1 is 1.06 bits per heavy atom. The van der Waals surface area contributed by atoms with Crippen LogP contribution in [0.1, 0.15) is 46.6 Å². The summed E-state index contributed by atoms with van der Waals surface area (Å²) < 4.78 is 0. The molecule has 3 nitrogen and oxygen atoms in total. The Bertz CT molecular complexity index is 399. The molecule has 1 aromatic carbocycles. The van der Waals surface area contributed by atoms with Gasteiger partial charge in [0.2, 0.25) is 0 Å². The molecule has 0 atom stereocenters. The fourth-order valence-corrected chi connectivity index (χ4v) is 2.46. The highest BCUT2D eigenvalue weighted by molar-refractivity contribution is 5.36. The lowest BCUT2D eigenvalue weighted by molar-refractivity contribution is -0.384. The molecule has 0 spiro atoms. The molecule has 0 heterocycles. The molecule has 0 saturated heterocycles. The molecule has 94 valence electrons. The Kier molecular flexibility index (Phi) is 3.60. The van der Waals surface area contributed by atoms with Gasteiger partial charge in [0, 0.05) is 12.1 Å². The number of rotatable bonds is 3. The second-order valence-corrected chi connectivity index (χ2v) is 6.43. The molecule has 0 aromatic heterocycles. The van der Waals surface area contributed by atoms with Crippen LogP contribution in [0.25, 0.3) is 0 Å². The summed E-state index contributed by atoms with van der Waals surface area (Å²) in [6.07, 6.45) is 1.04. The summed E-state index contributed by atoms with van der Waals surface area (Å²) in [5, 5.41) is 10.6. The smallest absolute Gasteiger partial charge is 0.258 e. The second kappa shape index (κ2) is 4.47. The zero-order valence-electron chi connectivity index (χ0n) is 11.3. The van der Waals surface area contributed by atoms with Crippen molar-refractivity contribution in [2.24, 2.45) is 5.41 Å². The van der Waals surface area contributed by atoms with Gasteiger partial charge in [-0.15, -0.1) is 0 Å². The summed E-state index contributed by atoms with van der Waals surface area (Å²) in [7, 11) is 0. The lowest BCUT2D eigenvalue weighted by Crippen LogP contribution is -2.24. The largest absolute Gasteiger partial charge is 0.269 e. The molecule has 0 aliphatic heterocycles. The van der Waals surface area contributed by atoms with Crippen LogP contribution < -0.4 is 0 Å². The van der Waals surface area contributed by atoms with Gasteiger partial charge in [0.1, 0.15) is 0 Å². The highest BCUT2D eigenvalue weighted by Gasteiger charge is 2.27. The number of nitro groups is 1. The monoisotopic (exact) mass is 235 g/mol. The lowest BCUT2D eigenvalue weighted by atomic mass is 9.72. The van der Waals surface area contributed by atoms with E-state index in [1.54, 1.807) is 12.1 Å². The van der Waals surface area contributed by atoms with Gasteiger partial charge in [0.05, 0.1) is 4.92 Å². The maximum Gasteiger partial charge on any atom is 0.269 e. The van der Waals surface area contributed by atoms with Crippen molar-refractivity contribution in [2.45, 2.75) is 46.5 Å². The van der Waals surface area contributed by atoms with Crippen LogP contribution in [-0.2, 0) is 5.41 Å². The van der Waals surface area contributed by atoms with Gasteiger partial charge in [-0.25, -0.2) is 0 Å². The van der Waals surface area contributed by atoms with Gasteiger partial charge in [-0.05, 0) is 22.8 Å². The molecular formula is C14H21NO2. The van der Waals surface area contributed by atoms with Crippen LogP contribution in [0.5, 0.6) is 0 Å². The van der Waals surface area contributed by atoms with Crippen LogP contribution in [0, 0.1) is 15.5 Å². The van der Waals surface area contributed by atoms with E-state index in [9.17, 15) is 10.1 Å². The summed E-state index contributed by atoms with van der Waals surface area (Å²) in [4.78, 5) is 10.2. The van der Waals surface area contributed by atoms with E-state index in [0.717, 1.165) is 12.0 Å². The van der Waals surface area contributed by atoms with E-state index in [2.05, 4.69) is 34.6 Å². The molecule has 0 N–H and O–H groups in total. The molecule has 1 aromatic rings. The first-order valence-corrected chi connectivity index (χ1v) is 5.87. The first-order chi connectivity index (χ1) is 7.62. The molecule has 0 fully saturated rings. The molecule has 0 radical (unpaired) electrons. The molecule has 17 heavy (non-hydrogen) atoms. The quantitative estimate of drug-likeness (QED) is 0.578. The number of non-ortho nitro benzene ring substituents is 1. The van der Waals surface area contributed by atoms with Gasteiger partial charge in [0.15, 0.2) is 0 Å².